The van der Waals surface area contributed by atoms with Gasteiger partial charge in [0.2, 0.25) is 0 Å². The second-order valence-corrected chi connectivity index (χ2v) is 7.36. The average Bonchev–Trinajstić information content (AvgIpc) is 3.19. The molecule has 1 saturated heterocycles. The second-order valence-electron chi connectivity index (χ2n) is 7.36. The minimum absolute atomic E-state index is 0.0936. The van der Waals surface area contributed by atoms with E-state index >= 15 is 0 Å². The van der Waals surface area contributed by atoms with Gasteiger partial charge in [0.05, 0.1) is 6.20 Å². The number of hydrogen-bond donors (Lipinski definition) is 2. The normalized spacial score (nSPS) is 16.6. The highest BCUT2D eigenvalue weighted by atomic mass is 16.2. The molecule has 1 aliphatic heterocycles. The van der Waals surface area contributed by atoms with Crippen molar-refractivity contribution in [3.05, 3.63) is 65.6 Å². The number of amides is 2. The smallest absolute Gasteiger partial charge is 0.270 e. The van der Waals surface area contributed by atoms with Gasteiger partial charge < -0.3 is 11.1 Å². The molecule has 3 N–H and O–H groups in total. The highest BCUT2D eigenvalue weighted by Crippen LogP contribution is 2.24. The number of nitrogens with zero attached hydrogens (tertiary/aromatic N) is 4. The van der Waals surface area contributed by atoms with Crippen molar-refractivity contribution < 1.29 is 9.59 Å². The number of benzene rings is 1. The fourth-order valence-electron chi connectivity index (χ4n) is 3.87. The summed E-state index contributed by atoms with van der Waals surface area (Å²) >= 11 is 0. The molecule has 0 radical (unpaired) electrons. The van der Waals surface area contributed by atoms with Crippen LogP contribution in [0.3, 0.4) is 0 Å². The van der Waals surface area contributed by atoms with Gasteiger partial charge in [-0.15, -0.1) is 0 Å². The Labute approximate surface area is 168 Å². The summed E-state index contributed by atoms with van der Waals surface area (Å²) in [6.45, 7) is 4.05. The van der Waals surface area contributed by atoms with Gasteiger partial charge in [0.25, 0.3) is 11.8 Å². The van der Waals surface area contributed by atoms with Crippen molar-refractivity contribution in [1.29, 1.82) is 0 Å². The summed E-state index contributed by atoms with van der Waals surface area (Å²) in [5.74, 6) is -0.851. The molecular weight excluding hydrogens is 368 g/mol. The maximum Gasteiger partial charge on any atom is 0.270 e. The van der Waals surface area contributed by atoms with Gasteiger partial charge in [0.15, 0.2) is 5.65 Å². The van der Waals surface area contributed by atoms with Gasteiger partial charge in [-0.1, -0.05) is 30.3 Å². The number of nitrogens with two attached hydrogens (primary N) is 1. The monoisotopic (exact) mass is 392 g/mol. The molecule has 1 fully saturated rings. The predicted octanol–water partition coefficient (Wildman–Crippen LogP) is 1.78. The molecule has 0 spiro atoms. The van der Waals surface area contributed by atoms with Crippen LogP contribution in [0.4, 0.5) is 0 Å². The minimum Gasteiger partial charge on any atom is -0.365 e. The van der Waals surface area contributed by atoms with Crippen molar-refractivity contribution in [3.8, 4) is 0 Å². The number of hydrogen-bond acceptors (Lipinski definition) is 5. The van der Waals surface area contributed by atoms with Gasteiger partial charge in [-0.3, -0.25) is 14.5 Å². The maximum absolute atomic E-state index is 12.8. The molecule has 8 nitrogen and oxygen atoms in total. The van der Waals surface area contributed by atoms with E-state index < -0.39 is 5.91 Å². The Hall–Kier alpha value is -3.26. The van der Waals surface area contributed by atoms with Crippen molar-refractivity contribution >= 4 is 17.5 Å². The van der Waals surface area contributed by atoms with Crippen LogP contribution in [0, 0.1) is 0 Å². The van der Waals surface area contributed by atoms with Crippen molar-refractivity contribution in [1.82, 2.24) is 24.8 Å². The molecule has 1 atom stereocenters. The Kier molecular flexibility index (Phi) is 5.26. The van der Waals surface area contributed by atoms with Gasteiger partial charge in [-0.05, 0) is 31.4 Å². The van der Waals surface area contributed by atoms with Crippen LogP contribution < -0.4 is 11.1 Å². The third kappa shape index (κ3) is 3.84. The zero-order valence-corrected chi connectivity index (χ0v) is 16.3. The van der Waals surface area contributed by atoms with Crippen LogP contribution in [-0.2, 0) is 0 Å². The fraction of sp³-hybridized carbons (Fsp3) is 0.333. The van der Waals surface area contributed by atoms with Crippen molar-refractivity contribution in [2.24, 2.45) is 5.73 Å². The summed E-state index contributed by atoms with van der Waals surface area (Å²) in [4.78, 5) is 30.9. The maximum atomic E-state index is 12.8. The van der Waals surface area contributed by atoms with Crippen LogP contribution >= 0.6 is 0 Å². The third-order valence-corrected chi connectivity index (χ3v) is 5.59. The van der Waals surface area contributed by atoms with Gasteiger partial charge in [0.1, 0.15) is 11.3 Å². The first kappa shape index (κ1) is 19.1. The van der Waals surface area contributed by atoms with Crippen LogP contribution in [0.1, 0.15) is 52.2 Å². The molecule has 0 aliphatic carbocycles. The third-order valence-electron chi connectivity index (χ3n) is 5.59. The molecule has 4 rings (SSSR count). The number of piperidine rings is 1. The summed E-state index contributed by atoms with van der Waals surface area (Å²) in [7, 11) is 0. The first-order valence-electron chi connectivity index (χ1n) is 9.77. The lowest BCUT2D eigenvalue weighted by Gasteiger charge is -2.36. The number of rotatable bonds is 5. The van der Waals surface area contributed by atoms with E-state index in [1.165, 1.54) is 22.5 Å². The van der Waals surface area contributed by atoms with E-state index in [4.69, 9.17) is 5.73 Å². The van der Waals surface area contributed by atoms with E-state index in [2.05, 4.69) is 51.5 Å². The Morgan fingerprint density at radius 2 is 1.90 bits per heavy atom. The lowest BCUT2D eigenvalue weighted by molar-refractivity contribution is 0.0887. The van der Waals surface area contributed by atoms with Gasteiger partial charge in [0, 0.05) is 31.4 Å². The van der Waals surface area contributed by atoms with Crippen molar-refractivity contribution in [2.75, 3.05) is 13.1 Å². The highest BCUT2D eigenvalue weighted by molar-refractivity contribution is 5.99. The molecule has 1 aromatic carbocycles. The topological polar surface area (TPSA) is 106 Å². The lowest BCUT2D eigenvalue weighted by Crippen LogP contribution is -2.45. The Morgan fingerprint density at radius 3 is 2.59 bits per heavy atom. The molecule has 1 aliphatic rings. The Balaban J connectivity index is 1.40. The number of fused-ring (bicyclic) bond motifs is 1. The predicted molar refractivity (Wildman–Crippen MR) is 108 cm³/mol. The fourth-order valence-corrected chi connectivity index (χ4v) is 3.87. The SMILES string of the molecule is CC(c1ccccc1)N1CCC(NC(=O)c2ccnc3c(C(N)=O)cnn23)CC1. The van der Waals surface area contributed by atoms with E-state index in [0.29, 0.717) is 11.7 Å². The van der Waals surface area contributed by atoms with Crippen LogP contribution in [0.5, 0.6) is 0 Å². The molecule has 8 heteroatoms. The molecule has 2 aromatic heterocycles. The molecular formula is C21H24N6O2. The first-order chi connectivity index (χ1) is 14.0. The van der Waals surface area contributed by atoms with E-state index in [1.54, 1.807) is 6.07 Å². The van der Waals surface area contributed by atoms with E-state index in [-0.39, 0.29) is 23.2 Å². The van der Waals surface area contributed by atoms with Crippen LogP contribution in [0.25, 0.3) is 5.65 Å². The summed E-state index contributed by atoms with van der Waals surface area (Å²) in [6.07, 6.45) is 4.58. The number of likely N-dealkylation sites (tertiary alicyclic amines) is 1. The number of primary amides is 1. The van der Waals surface area contributed by atoms with E-state index in [9.17, 15) is 9.59 Å². The van der Waals surface area contributed by atoms with Crippen LogP contribution in [-0.4, -0.2) is 50.4 Å². The van der Waals surface area contributed by atoms with Crippen molar-refractivity contribution in [2.45, 2.75) is 31.8 Å². The number of nitrogens with one attached hydrogen (secondary N) is 1. The Bertz CT molecular complexity index is 1020. The molecule has 2 amide bonds. The summed E-state index contributed by atoms with van der Waals surface area (Å²) in [5, 5.41) is 7.20. The standard InChI is InChI=1S/C21H24N6O2/c1-14(15-5-3-2-4-6-15)26-11-8-16(9-12-26)25-21(29)18-7-10-23-20-17(19(22)28)13-24-27(18)20/h2-7,10,13-14,16H,8-9,11-12H2,1H3,(H2,22,28)(H,25,29). The quantitative estimate of drug-likeness (QED) is 0.689. The molecule has 0 bridgehead atoms. The van der Waals surface area contributed by atoms with Crippen LogP contribution in [0.2, 0.25) is 0 Å². The first-order valence-corrected chi connectivity index (χ1v) is 9.77. The summed E-state index contributed by atoms with van der Waals surface area (Å²) in [5.41, 5.74) is 7.47. The zero-order chi connectivity index (χ0) is 20.4. The second kappa shape index (κ2) is 8.00. The molecule has 3 aromatic rings. The molecule has 29 heavy (non-hydrogen) atoms. The van der Waals surface area contributed by atoms with E-state index in [1.807, 2.05) is 6.07 Å². The molecule has 1 unspecified atom stereocenters. The molecule has 3 heterocycles. The summed E-state index contributed by atoms with van der Waals surface area (Å²) < 4.78 is 1.36. The molecule has 150 valence electrons. The number of aromatic nitrogens is 3. The van der Waals surface area contributed by atoms with Gasteiger partial charge in [-0.25, -0.2) is 9.50 Å². The van der Waals surface area contributed by atoms with E-state index in [0.717, 1.165) is 25.9 Å². The lowest BCUT2D eigenvalue weighted by atomic mass is 10.00. The zero-order valence-electron chi connectivity index (χ0n) is 16.3. The van der Waals surface area contributed by atoms with Gasteiger partial charge in [-0.2, -0.15) is 5.10 Å². The van der Waals surface area contributed by atoms with Gasteiger partial charge >= 0.3 is 0 Å². The number of carbonyl (C=O) groups excluding carboxylic acids is 2. The number of carbonyl (C=O) groups is 2. The average molecular weight is 392 g/mol. The largest absolute Gasteiger partial charge is 0.365 e. The molecule has 0 saturated carbocycles. The Morgan fingerprint density at radius 1 is 1.17 bits per heavy atom. The highest BCUT2D eigenvalue weighted by Gasteiger charge is 2.25. The van der Waals surface area contributed by atoms with Crippen molar-refractivity contribution in [3.63, 3.8) is 0 Å². The van der Waals surface area contributed by atoms with Crippen LogP contribution in [0.15, 0.2) is 48.8 Å². The minimum atomic E-state index is -0.620. The summed E-state index contributed by atoms with van der Waals surface area (Å²) in [6, 6.07) is 12.5.